The van der Waals surface area contributed by atoms with E-state index < -0.39 is 23.0 Å². The molecule has 10 heteroatoms. The van der Waals surface area contributed by atoms with Gasteiger partial charge in [-0.05, 0) is 55.7 Å². The molecule has 2 aromatic heterocycles. The molecule has 0 fully saturated rings. The molecule has 4 rings (SSSR count). The maximum atomic E-state index is 11.9. The molecule has 4 aromatic rings. The average Bonchev–Trinajstić information content (AvgIpc) is 3.09. The van der Waals surface area contributed by atoms with E-state index in [4.69, 9.17) is 13.4 Å². The molecule has 3 N–H and O–H groups in total. The van der Waals surface area contributed by atoms with Crippen LogP contribution in [0.15, 0.2) is 53.5 Å². The minimum absolute atomic E-state index is 0.0742. The minimum Gasteiger partial charge on any atom is -0.329 e. The fraction of sp³-hybridized carbons (Fsp3) is 0.190. The summed E-state index contributed by atoms with van der Waals surface area (Å²) in [5, 5.41) is 12.6. The number of sulfonamides is 1. The summed E-state index contributed by atoms with van der Waals surface area (Å²) in [7, 11) is -2.36. The van der Waals surface area contributed by atoms with Crippen molar-refractivity contribution in [2.75, 3.05) is 17.2 Å². The molecule has 0 atom stereocenters. The Bertz CT molecular complexity index is 1650. The van der Waals surface area contributed by atoms with Crippen LogP contribution in [0.2, 0.25) is 0 Å². The van der Waals surface area contributed by atoms with Crippen molar-refractivity contribution in [2.24, 2.45) is 12.2 Å². The molecule has 160 valence electrons. The number of aromatic nitrogens is 4. The van der Waals surface area contributed by atoms with Crippen LogP contribution < -0.4 is 15.4 Å². The van der Waals surface area contributed by atoms with Crippen molar-refractivity contribution >= 4 is 44.1 Å². The summed E-state index contributed by atoms with van der Waals surface area (Å²) in [5.41, 5.74) is 1.03. The number of nitrogens with zero attached hydrogens (tertiary/aromatic N) is 5. The van der Waals surface area contributed by atoms with Crippen molar-refractivity contribution in [3.05, 3.63) is 59.8 Å². The van der Waals surface area contributed by atoms with Gasteiger partial charge in [-0.3, -0.25) is 4.68 Å². The van der Waals surface area contributed by atoms with Crippen LogP contribution in [0.3, 0.4) is 0 Å². The smallest absolute Gasteiger partial charge is 0.238 e. The van der Waals surface area contributed by atoms with Crippen LogP contribution in [0, 0.1) is 13.8 Å². The molecule has 0 spiro atoms. The molecule has 0 aliphatic carbocycles. The van der Waals surface area contributed by atoms with Crippen LogP contribution >= 0.6 is 0 Å². The highest BCUT2D eigenvalue weighted by molar-refractivity contribution is 7.89. The molecular weight excluding hydrogens is 414 g/mol. The van der Waals surface area contributed by atoms with Gasteiger partial charge in [-0.15, -0.1) is 0 Å². The minimum atomic E-state index is -3.99. The van der Waals surface area contributed by atoms with Crippen LogP contribution in [0.5, 0.6) is 0 Å². The zero-order valence-corrected chi connectivity index (χ0v) is 17.7. The van der Waals surface area contributed by atoms with E-state index >= 15 is 0 Å². The Morgan fingerprint density at radius 2 is 2.06 bits per heavy atom. The Kier molecular flexibility index (Phi) is 3.57. The topological polar surface area (TPSA) is 119 Å². The normalized spacial score (nSPS) is 14.8. The number of primary sulfonamides is 1. The second-order valence-corrected chi connectivity index (χ2v) is 8.41. The second-order valence-electron chi connectivity index (χ2n) is 6.88. The van der Waals surface area contributed by atoms with Crippen LogP contribution in [-0.2, 0) is 17.1 Å². The summed E-state index contributed by atoms with van der Waals surface area (Å²) >= 11 is 0. The third-order valence-electron chi connectivity index (χ3n) is 4.72. The number of fused-ring (bicyclic) bond motifs is 1. The Hall–Kier alpha value is -3.50. The van der Waals surface area contributed by atoms with E-state index in [9.17, 15) is 8.42 Å². The van der Waals surface area contributed by atoms with Gasteiger partial charge in [0.05, 0.1) is 14.5 Å². The first-order chi connectivity index (χ1) is 17.1. The van der Waals surface area contributed by atoms with E-state index in [0.717, 1.165) is 4.90 Å². The van der Waals surface area contributed by atoms with E-state index in [1.165, 1.54) is 23.0 Å². The lowest BCUT2D eigenvalue weighted by atomic mass is 10.2. The van der Waals surface area contributed by atoms with Gasteiger partial charge in [0.2, 0.25) is 16.0 Å². The number of benzene rings is 2. The van der Waals surface area contributed by atoms with Crippen LogP contribution in [0.25, 0.3) is 10.9 Å². The number of aryl methyl sites for hydroxylation is 3. The largest absolute Gasteiger partial charge is 0.329 e. The third kappa shape index (κ3) is 4.07. The molecule has 0 aliphatic heterocycles. The molecule has 0 radical (unpaired) electrons. The summed E-state index contributed by atoms with van der Waals surface area (Å²) in [4.78, 5) is 8.94. The predicted octanol–water partition coefficient (Wildman–Crippen LogP) is 3.14. The molecule has 2 heterocycles. The first kappa shape index (κ1) is 14.5. The summed E-state index contributed by atoms with van der Waals surface area (Å²) in [6.07, 6.45) is 1.27. The first-order valence-corrected chi connectivity index (χ1v) is 10.6. The Balaban J connectivity index is 1.85. The van der Waals surface area contributed by atoms with E-state index in [-0.39, 0.29) is 45.6 Å². The van der Waals surface area contributed by atoms with Crippen molar-refractivity contribution < 1.29 is 16.6 Å². The quantitative estimate of drug-likeness (QED) is 0.486. The Morgan fingerprint density at radius 3 is 2.81 bits per heavy atom. The van der Waals surface area contributed by atoms with Gasteiger partial charge in [0, 0.05) is 46.8 Å². The van der Waals surface area contributed by atoms with Gasteiger partial charge in [-0.25, -0.2) is 18.5 Å². The number of hydrogen-bond donors (Lipinski definition) is 2. The number of anilines is 4. The van der Waals surface area contributed by atoms with Gasteiger partial charge in [-0.1, -0.05) is 6.07 Å². The standard InChI is InChI=1S/C21H23N7O2S/c1-13-5-6-15(11-19(13)31(22,29)30)24-21-23-10-9-20(25-21)27(3)16-7-8-17-14(2)28(4)26-18(17)12-16/h5-12H,1-4H3,(H2,22,29,30)(H,23,24,25)/i3D3,7D,8D,12D. The SMILES string of the molecule is [2H]c1c(N(c2ccnc(Nc3ccc(C)c(S(N)(=O)=O)c3)n2)C([2H])([2H])[2H])c([2H])c2nn(C)c(C)c2c1[2H]. The zero-order valence-electron chi connectivity index (χ0n) is 22.9. The highest BCUT2D eigenvalue weighted by atomic mass is 32.2. The fourth-order valence-electron chi connectivity index (χ4n) is 2.98. The zero-order chi connectivity index (χ0) is 27.4. The third-order valence-corrected chi connectivity index (χ3v) is 5.77. The van der Waals surface area contributed by atoms with Crippen LogP contribution in [0.4, 0.5) is 23.1 Å². The predicted molar refractivity (Wildman–Crippen MR) is 121 cm³/mol. The van der Waals surface area contributed by atoms with E-state index in [2.05, 4.69) is 20.4 Å². The van der Waals surface area contributed by atoms with E-state index in [1.807, 2.05) is 0 Å². The molecule has 0 saturated carbocycles. The molecule has 0 bridgehead atoms. The van der Waals surface area contributed by atoms with Crippen molar-refractivity contribution in [1.82, 2.24) is 19.7 Å². The molecule has 0 saturated heterocycles. The lowest BCUT2D eigenvalue weighted by Gasteiger charge is -2.19. The Morgan fingerprint density at radius 1 is 1.26 bits per heavy atom. The number of nitrogens with two attached hydrogens (primary N) is 1. The van der Waals surface area contributed by atoms with Crippen molar-refractivity contribution in [3.63, 3.8) is 0 Å². The summed E-state index contributed by atoms with van der Waals surface area (Å²) in [5.74, 6) is -0.250. The van der Waals surface area contributed by atoms with Gasteiger partial charge >= 0.3 is 0 Å². The van der Waals surface area contributed by atoms with Gasteiger partial charge < -0.3 is 10.2 Å². The van der Waals surface area contributed by atoms with E-state index in [0.29, 0.717) is 16.6 Å². The van der Waals surface area contributed by atoms with Crippen molar-refractivity contribution in [1.29, 1.82) is 0 Å². The maximum absolute atomic E-state index is 11.9. The lowest BCUT2D eigenvalue weighted by molar-refractivity contribution is 0.597. The van der Waals surface area contributed by atoms with Crippen LogP contribution in [0.1, 0.15) is 19.5 Å². The molecule has 31 heavy (non-hydrogen) atoms. The monoisotopic (exact) mass is 443 g/mol. The molecule has 0 unspecified atom stereocenters. The summed E-state index contributed by atoms with van der Waals surface area (Å²) < 4.78 is 75.3. The maximum Gasteiger partial charge on any atom is 0.238 e. The van der Waals surface area contributed by atoms with Crippen molar-refractivity contribution in [2.45, 2.75) is 18.7 Å². The molecule has 9 nitrogen and oxygen atoms in total. The van der Waals surface area contributed by atoms with Crippen LogP contribution in [-0.4, -0.2) is 35.1 Å². The van der Waals surface area contributed by atoms with Gasteiger partial charge in [0.15, 0.2) is 0 Å². The van der Waals surface area contributed by atoms with Gasteiger partial charge in [0.1, 0.15) is 5.82 Å². The highest BCUT2D eigenvalue weighted by Gasteiger charge is 2.14. The number of rotatable bonds is 5. The molecule has 2 aromatic carbocycles. The Labute approximate surface area is 189 Å². The second kappa shape index (κ2) is 7.64. The van der Waals surface area contributed by atoms with Gasteiger partial charge in [-0.2, -0.15) is 10.1 Å². The average molecular weight is 444 g/mol. The number of nitrogens with one attached hydrogen (secondary N) is 1. The molecule has 0 aliphatic rings. The van der Waals surface area contributed by atoms with E-state index in [1.54, 1.807) is 33.0 Å². The summed E-state index contributed by atoms with van der Waals surface area (Å²) in [6.45, 7) is 0.389. The first-order valence-electron chi connectivity index (χ1n) is 12.1. The molecular formula is C21H23N7O2S. The highest BCUT2D eigenvalue weighted by Crippen LogP contribution is 2.28. The summed E-state index contributed by atoms with van der Waals surface area (Å²) in [6, 6.07) is 4.65. The fourth-order valence-corrected chi connectivity index (χ4v) is 3.79. The van der Waals surface area contributed by atoms with Gasteiger partial charge in [0.25, 0.3) is 0 Å². The van der Waals surface area contributed by atoms with Crippen molar-refractivity contribution in [3.8, 4) is 0 Å². The molecule has 0 amide bonds. The lowest BCUT2D eigenvalue weighted by Crippen LogP contribution is -2.14. The number of hydrogen-bond acceptors (Lipinski definition) is 7.